The number of fused-ring (bicyclic) bond motifs is 2. The first-order valence-corrected chi connectivity index (χ1v) is 10.8. The summed E-state index contributed by atoms with van der Waals surface area (Å²) in [6, 6.07) is 12.6. The van der Waals surface area contributed by atoms with Crippen LogP contribution in [0.2, 0.25) is 0 Å². The molecule has 0 saturated carbocycles. The first-order valence-electron chi connectivity index (χ1n) is 10.8. The summed E-state index contributed by atoms with van der Waals surface area (Å²) in [6.07, 6.45) is 8.37. The van der Waals surface area contributed by atoms with E-state index < -0.39 is 0 Å². The van der Waals surface area contributed by atoms with Crippen molar-refractivity contribution < 1.29 is 5.11 Å². The van der Waals surface area contributed by atoms with E-state index in [-0.39, 0.29) is 5.75 Å². The lowest BCUT2D eigenvalue weighted by Crippen LogP contribution is -2.49. The first-order chi connectivity index (χ1) is 14.7. The van der Waals surface area contributed by atoms with Crippen LogP contribution in [0.25, 0.3) is 22.5 Å². The molecule has 2 aromatic heterocycles. The molecule has 2 atom stereocenters. The largest absolute Gasteiger partial charge is 0.507 e. The van der Waals surface area contributed by atoms with Gasteiger partial charge in [-0.05, 0) is 49.8 Å². The molecule has 156 valence electrons. The molecule has 2 aliphatic heterocycles. The van der Waals surface area contributed by atoms with Crippen molar-refractivity contribution in [1.82, 2.24) is 25.3 Å². The molecule has 1 aromatic carbocycles. The molecule has 7 heteroatoms. The molecule has 4 heterocycles. The zero-order valence-corrected chi connectivity index (χ0v) is 17.3. The lowest BCUT2D eigenvalue weighted by atomic mass is 9.80. The Bertz CT molecular complexity index is 1000. The van der Waals surface area contributed by atoms with Crippen LogP contribution < -0.4 is 10.6 Å². The van der Waals surface area contributed by atoms with Crippen molar-refractivity contribution in [1.29, 1.82) is 0 Å². The summed E-state index contributed by atoms with van der Waals surface area (Å²) < 4.78 is 1.74. The van der Waals surface area contributed by atoms with Crippen LogP contribution >= 0.6 is 0 Å². The molecular formula is C23H28N6O. The third-order valence-electron chi connectivity index (χ3n) is 6.31. The Morgan fingerprint density at radius 1 is 1.07 bits per heavy atom. The molecule has 0 spiro atoms. The van der Waals surface area contributed by atoms with Gasteiger partial charge in [-0.2, -0.15) is 5.10 Å². The van der Waals surface area contributed by atoms with E-state index >= 15 is 0 Å². The number of para-hydroxylation sites is 1. The highest BCUT2D eigenvalue weighted by atomic mass is 16.3. The zero-order chi connectivity index (χ0) is 20.5. The number of nitrogens with zero attached hydrogens (tertiary/aromatic N) is 4. The van der Waals surface area contributed by atoms with Gasteiger partial charge in [0, 0.05) is 43.0 Å². The zero-order valence-electron chi connectivity index (χ0n) is 17.3. The van der Waals surface area contributed by atoms with E-state index in [0.717, 1.165) is 23.5 Å². The molecule has 0 aliphatic carbocycles. The second-order valence-electron chi connectivity index (χ2n) is 8.60. The number of rotatable bonds is 5. The van der Waals surface area contributed by atoms with Crippen LogP contribution in [0.3, 0.4) is 0 Å². The quantitative estimate of drug-likeness (QED) is 0.602. The summed E-state index contributed by atoms with van der Waals surface area (Å²) in [5.74, 6) is 1.71. The molecule has 0 amide bonds. The van der Waals surface area contributed by atoms with Gasteiger partial charge in [0.05, 0.1) is 0 Å². The van der Waals surface area contributed by atoms with E-state index in [9.17, 15) is 5.11 Å². The molecule has 30 heavy (non-hydrogen) atoms. The van der Waals surface area contributed by atoms with Gasteiger partial charge >= 0.3 is 0 Å². The minimum absolute atomic E-state index is 0.227. The van der Waals surface area contributed by atoms with Gasteiger partial charge in [0.15, 0.2) is 0 Å². The molecule has 2 saturated heterocycles. The van der Waals surface area contributed by atoms with Crippen LogP contribution in [-0.4, -0.2) is 43.7 Å². The number of anilines is 1. The molecule has 2 fully saturated rings. The first kappa shape index (κ1) is 19.1. The van der Waals surface area contributed by atoms with Gasteiger partial charge in [-0.3, -0.25) is 4.68 Å². The Morgan fingerprint density at radius 2 is 1.87 bits per heavy atom. The van der Waals surface area contributed by atoms with Crippen molar-refractivity contribution in [3.63, 3.8) is 0 Å². The Hall–Kier alpha value is -2.93. The Kier molecular flexibility index (Phi) is 5.12. The van der Waals surface area contributed by atoms with Crippen molar-refractivity contribution >= 4 is 5.82 Å². The summed E-state index contributed by atoms with van der Waals surface area (Å²) >= 11 is 0. The summed E-state index contributed by atoms with van der Waals surface area (Å²) in [5.41, 5.74) is 2.98. The topological polar surface area (TPSA) is 87.9 Å². The maximum Gasteiger partial charge on any atom is 0.148 e. The van der Waals surface area contributed by atoms with E-state index in [1.54, 1.807) is 10.7 Å². The molecule has 2 bridgehead atoms. The average Bonchev–Trinajstić information content (AvgIpc) is 3.14. The van der Waals surface area contributed by atoms with Crippen LogP contribution in [0.15, 0.2) is 42.6 Å². The summed E-state index contributed by atoms with van der Waals surface area (Å²) in [4.78, 5) is 0. The minimum atomic E-state index is 0.227. The monoisotopic (exact) mass is 404 g/mol. The van der Waals surface area contributed by atoms with Gasteiger partial charge in [0.25, 0.3) is 0 Å². The highest BCUT2D eigenvalue weighted by molar-refractivity contribution is 5.82. The van der Waals surface area contributed by atoms with Crippen LogP contribution in [0.5, 0.6) is 5.75 Å². The van der Waals surface area contributed by atoms with Gasteiger partial charge < -0.3 is 15.7 Å². The number of aromatic nitrogens is 4. The van der Waals surface area contributed by atoms with Crippen molar-refractivity contribution in [2.24, 2.45) is 13.0 Å². The molecule has 2 aliphatic rings. The highest BCUT2D eigenvalue weighted by Gasteiger charge is 2.30. The Morgan fingerprint density at radius 3 is 2.60 bits per heavy atom. The molecule has 3 aromatic rings. The van der Waals surface area contributed by atoms with Crippen LogP contribution in [-0.2, 0) is 7.05 Å². The van der Waals surface area contributed by atoms with Crippen molar-refractivity contribution in [3.05, 3.63) is 42.6 Å². The van der Waals surface area contributed by atoms with E-state index in [0.29, 0.717) is 29.4 Å². The third kappa shape index (κ3) is 3.89. The molecule has 5 rings (SSSR count). The van der Waals surface area contributed by atoms with Crippen LogP contribution in [0.1, 0.15) is 32.1 Å². The summed E-state index contributed by atoms with van der Waals surface area (Å²) in [7, 11) is 1.87. The fourth-order valence-electron chi connectivity index (χ4n) is 4.93. The van der Waals surface area contributed by atoms with E-state index in [2.05, 4.69) is 25.9 Å². The number of piperidine rings is 2. The third-order valence-corrected chi connectivity index (χ3v) is 6.31. The summed E-state index contributed by atoms with van der Waals surface area (Å²) in [5, 5.41) is 30.8. The second kappa shape index (κ2) is 8.07. The van der Waals surface area contributed by atoms with Crippen molar-refractivity contribution in [2.75, 3.05) is 11.9 Å². The van der Waals surface area contributed by atoms with Gasteiger partial charge in [-0.1, -0.05) is 24.6 Å². The maximum atomic E-state index is 10.3. The van der Waals surface area contributed by atoms with Gasteiger partial charge in [0.2, 0.25) is 0 Å². The predicted octanol–water partition coefficient (Wildman–Crippen LogP) is 3.58. The number of nitrogens with one attached hydrogen (secondary N) is 2. The second-order valence-corrected chi connectivity index (χ2v) is 8.60. The number of aromatic hydroxyl groups is 1. The summed E-state index contributed by atoms with van der Waals surface area (Å²) in [6.45, 7) is 0.940. The molecule has 3 N–H and O–H groups in total. The fraction of sp³-hybridized carbons (Fsp3) is 0.435. The smallest absolute Gasteiger partial charge is 0.148 e. The normalized spacial score (nSPS) is 23.3. The minimum Gasteiger partial charge on any atom is -0.507 e. The molecule has 2 unspecified atom stereocenters. The van der Waals surface area contributed by atoms with Crippen molar-refractivity contribution in [2.45, 2.75) is 44.2 Å². The van der Waals surface area contributed by atoms with Gasteiger partial charge in [-0.25, -0.2) is 0 Å². The number of benzene rings is 1. The van der Waals surface area contributed by atoms with E-state index in [4.69, 9.17) is 0 Å². The molecule has 7 nitrogen and oxygen atoms in total. The molecular weight excluding hydrogens is 376 g/mol. The standard InChI is InChI=1S/C23H28N6O/c1-29-14-19(18-7-2-3-8-21(18)30)23(28-29)20-9-10-22(27-26-20)24-13-15-11-16-5-4-6-17(12-15)25-16/h2-3,7-10,14-17,25,30H,4-6,11-13H2,1H3,(H,24,27). The number of aryl methyl sites for hydroxylation is 1. The number of phenolic OH excluding ortho intramolecular Hbond substituents is 1. The number of hydrogen-bond acceptors (Lipinski definition) is 6. The van der Waals surface area contributed by atoms with Gasteiger partial charge in [0.1, 0.15) is 23.0 Å². The number of hydrogen-bond donors (Lipinski definition) is 3. The number of phenols is 1. The molecule has 0 radical (unpaired) electrons. The van der Waals surface area contributed by atoms with Crippen LogP contribution in [0.4, 0.5) is 5.82 Å². The van der Waals surface area contributed by atoms with Crippen LogP contribution in [0, 0.1) is 5.92 Å². The fourth-order valence-corrected chi connectivity index (χ4v) is 4.93. The van der Waals surface area contributed by atoms with E-state index in [1.807, 2.05) is 43.6 Å². The highest BCUT2D eigenvalue weighted by Crippen LogP contribution is 2.35. The SMILES string of the molecule is Cn1cc(-c2ccccc2O)c(-c2ccc(NCC3CC4CCCC(C3)N4)nn2)n1. The van der Waals surface area contributed by atoms with E-state index in [1.165, 1.54) is 32.1 Å². The average molecular weight is 405 g/mol. The van der Waals surface area contributed by atoms with Gasteiger partial charge in [-0.15, -0.1) is 10.2 Å². The lowest BCUT2D eigenvalue weighted by Gasteiger charge is -2.40. The van der Waals surface area contributed by atoms with Crippen molar-refractivity contribution in [3.8, 4) is 28.3 Å². The Balaban J connectivity index is 1.30. The maximum absolute atomic E-state index is 10.3. The lowest BCUT2D eigenvalue weighted by molar-refractivity contribution is 0.192. The Labute approximate surface area is 176 Å². The predicted molar refractivity (Wildman–Crippen MR) is 117 cm³/mol.